The van der Waals surface area contributed by atoms with Crippen LogP contribution in [0.25, 0.3) is 0 Å². The molecule has 9 heteroatoms. The van der Waals surface area contributed by atoms with Gasteiger partial charge < -0.3 is 25.4 Å². The molecule has 0 aliphatic carbocycles. The zero-order chi connectivity index (χ0) is 21.3. The van der Waals surface area contributed by atoms with E-state index in [1.165, 1.54) is 6.33 Å². The molecular formula is C21H24N6O3. The number of hydrogen-bond acceptors (Lipinski definition) is 8. The smallest absolute Gasteiger partial charge is 0.251 e. The van der Waals surface area contributed by atoms with Crippen molar-refractivity contribution in [2.24, 2.45) is 0 Å². The van der Waals surface area contributed by atoms with Gasteiger partial charge in [-0.3, -0.25) is 4.79 Å². The lowest BCUT2D eigenvalue weighted by Gasteiger charge is -2.11. The van der Waals surface area contributed by atoms with Gasteiger partial charge in [0, 0.05) is 37.0 Å². The average Bonchev–Trinajstić information content (AvgIpc) is 2.76. The number of nitrogens with one attached hydrogen (secondary N) is 3. The summed E-state index contributed by atoms with van der Waals surface area (Å²) in [6.45, 7) is 2.90. The maximum absolute atomic E-state index is 12.4. The SMILES string of the molecule is COc1cc(OC)cc(C(=O)NCCNc2cc(Nc3cc(C)ccn3)ncn2)c1. The van der Waals surface area contributed by atoms with E-state index < -0.39 is 0 Å². The molecule has 0 saturated carbocycles. The molecule has 0 aliphatic rings. The first-order chi connectivity index (χ1) is 14.6. The quantitative estimate of drug-likeness (QED) is 0.464. The Morgan fingerprint density at radius 1 is 0.900 bits per heavy atom. The second-order valence-corrected chi connectivity index (χ2v) is 6.42. The predicted octanol–water partition coefficient (Wildman–Crippen LogP) is 2.78. The van der Waals surface area contributed by atoms with Crippen LogP contribution in [0.4, 0.5) is 17.5 Å². The van der Waals surface area contributed by atoms with E-state index in [0.29, 0.717) is 47.6 Å². The number of nitrogens with zero attached hydrogens (tertiary/aromatic N) is 3. The van der Waals surface area contributed by atoms with E-state index in [1.54, 1.807) is 44.7 Å². The Morgan fingerprint density at radius 3 is 2.30 bits per heavy atom. The highest BCUT2D eigenvalue weighted by molar-refractivity contribution is 5.95. The molecule has 0 fully saturated rings. The normalized spacial score (nSPS) is 10.2. The summed E-state index contributed by atoms with van der Waals surface area (Å²) in [5.74, 6) is 2.87. The zero-order valence-corrected chi connectivity index (χ0v) is 17.1. The van der Waals surface area contributed by atoms with Gasteiger partial charge in [0.2, 0.25) is 0 Å². The average molecular weight is 408 g/mol. The molecule has 0 aliphatic heterocycles. The van der Waals surface area contributed by atoms with Gasteiger partial charge in [-0.05, 0) is 36.8 Å². The first-order valence-electron chi connectivity index (χ1n) is 9.34. The molecular weight excluding hydrogens is 384 g/mol. The van der Waals surface area contributed by atoms with E-state index >= 15 is 0 Å². The van der Waals surface area contributed by atoms with Crippen molar-refractivity contribution in [1.82, 2.24) is 20.3 Å². The van der Waals surface area contributed by atoms with Gasteiger partial charge in [0.25, 0.3) is 5.91 Å². The number of rotatable bonds is 9. The molecule has 3 rings (SSSR count). The Balaban J connectivity index is 1.51. The molecule has 30 heavy (non-hydrogen) atoms. The van der Waals surface area contributed by atoms with Gasteiger partial charge in [-0.25, -0.2) is 15.0 Å². The van der Waals surface area contributed by atoms with Crippen LogP contribution in [0, 0.1) is 6.92 Å². The van der Waals surface area contributed by atoms with E-state index in [0.717, 1.165) is 5.56 Å². The van der Waals surface area contributed by atoms with Crippen LogP contribution in [0.1, 0.15) is 15.9 Å². The molecule has 0 bridgehead atoms. The lowest BCUT2D eigenvalue weighted by molar-refractivity contribution is 0.0954. The molecule has 3 N–H and O–H groups in total. The van der Waals surface area contributed by atoms with Crippen LogP contribution in [-0.4, -0.2) is 48.2 Å². The van der Waals surface area contributed by atoms with Gasteiger partial charge in [-0.2, -0.15) is 0 Å². The summed E-state index contributed by atoms with van der Waals surface area (Å²) < 4.78 is 10.4. The van der Waals surface area contributed by atoms with Gasteiger partial charge >= 0.3 is 0 Å². The van der Waals surface area contributed by atoms with E-state index in [-0.39, 0.29) is 5.91 Å². The van der Waals surface area contributed by atoms with Crippen LogP contribution in [-0.2, 0) is 0 Å². The summed E-state index contributed by atoms with van der Waals surface area (Å²) in [5, 5.41) is 9.15. The minimum absolute atomic E-state index is 0.218. The molecule has 0 unspecified atom stereocenters. The number of benzene rings is 1. The number of amides is 1. The van der Waals surface area contributed by atoms with Crippen LogP contribution in [0.3, 0.4) is 0 Å². The van der Waals surface area contributed by atoms with Crippen molar-refractivity contribution < 1.29 is 14.3 Å². The molecule has 156 valence electrons. The number of carbonyl (C=O) groups is 1. The van der Waals surface area contributed by atoms with Crippen molar-refractivity contribution in [3.8, 4) is 11.5 Å². The van der Waals surface area contributed by atoms with Crippen molar-refractivity contribution in [3.05, 3.63) is 60.0 Å². The van der Waals surface area contributed by atoms with Crippen molar-refractivity contribution in [3.63, 3.8) is 0 Å². The third-order valence-corrected chi connectivity index (χ3v) is 4.17. The number of aromatic nitrogens is 3. The Kier molecular flexibility index (Phi) is 6.99. The topological polar surface area (TPSA) is 110 Å². The fourth-order valence-corrected chi connectivity index (χ4v) is 2.67. The lowest BCUT2D eigenvalue weighted by atomic mass is 10.2. The second kappa shape index (κ2) is 10.1. The molecule has 0 saturated heterocycles. The number of ether oxygens (including phenoxy) is 2. The zero-order valence-electron chi connectivity index (χ0n) is 17.1. The minimum atomic E-state index is -0.218. The van der Waals surface area contributed by atoms with Gasteiger partial charge in [0.1, 0.15) is 35.3 Å². The molecule has 2 heterocycles. The van der Waals surface area contributed by atoms with Crippen LogP contribution in [0.2, 0.25) is 0 Å². The van der Waals surface area contributed by atoms with Crippen LogP contribution in [0.15, 0.2) is 48.9 Å². The van der Waals surface area contributed by atoms with Crippen LogP contribution >= 0.6 is 0 Å². The molecule has 2 aromatic heterocycles. The lowest BCUT2D eigenvalue weighted by Crippen LogP contribution is -2.29. The molecule has 1 amide bonds. The second-order valence-electron chi connectivity index (χ2n) is 6.42. The summed E-state index contributed by atoms with van der Waals surface area (Å²) in [7, 11) is 3.08. The maximum atomic E-state index is 12.4. The van der Waals surface area contributed by atoms with E-state index in [1.807, 2.05) is 19.1 Å². The molecule has 0 spiro atoms. The Bertz CT molecular complexity index is 989. The number of hydrogen-bond donors (Lipinski definition) is 3. The summed E-state index contributed by atoms with van der Waals surface area (Å²) in [4.78, 5) is 25.0. The van der Waals surface area contributed by atoms with Crippen molar-refractivity contribution in [1.29, 1.82) is 0 Å². The number of methoxy groups -OCH3 is 2. The number of anilines is 3. The summed E-state index contributed by atoms with van der Waals surface area (Å²) >= 11 is 0. The third kappa shape index (κ3) is 5.81. The summed E-state index contributed by atoms with van der Waals surface area (Å²) in [6.07, 6.45) is 3.19. The fraction of sp³-hybridized carbons (Fsp3) is 0.238. The third-order valence-electron chi connectivity index (χ3n) is 4.17. The molecule has 3 aromatic rings. The molecule has 1 aromatic carbocycles. The van der Waals surface area contributed by atoms with Crippen LogP contribution < -0.4 is 25.4 Å². The minimum Gasteiger partial charge on any atom is -0.497 e. The highest BCUT2D eigenvalue weighted by Crippen LogP contribution is 2.22. The van der Waals surface area contributed by atoms with Crippen molar-refractivity contribution in [2.45, 2.75) is 6.92 Å². The van der Waals surface area contributed by atoms with Gasteiger partial charge in [0.05, 0.1) is 14.2 Å². The van der Waals surface area contributed by atoms with E-state index in [4.69, 9.17) is 9.47 Å². The van der Waals surface area contributed by atoms with Gasteiger partial charge in [-0.1, -0.05) is 0 Å². The largest absolute Gasteiger partial charge is 0.497 e. The standard InChI is InChI=1S/C21H24N6O3/c1-14-4-5-22-19(8-14)27-20-12-18(25-13-26-20)23-6-7-24-21(28)15-9-16(29-2)11-17(10-15)30-3/h4-5,8-13H,6-7H2,1-3H3,(H,24,28)(H2,22,23,25,26,27). The van der Waals surface area contributed by atoms with E-state index in [9.17, 15) is 4.79 Å². The summed E-state index contributed by atoms with van der Waals surface area (Å²) in [5.41, 5.74) is 1.56. The predicted molar refractivity (Wildman–Crippen MR) is 115 cm³/mol. The van der Waals surface area contributed by atoms with E-state index in [2.05, 4.69) is 30.9 Å². The monoisotopic (exact) mass is 408 g/mol. The van der Waals surface area contributed by atoms with Crippen LogP contribution in [0.5, 0.6) is 11.5 Å². The maximum Gasteiger partial charge on any atom is 0.251 e. The Labute approximate surface area is 174 Å². The van der Waals surface area contributed by atoms with Gasteiger partial charge in [-0.15, -0.1) is 0 Å². The van der Waals surface area contributed by atoms with Gasteiger partial charge in [0.15, 0.2) is 0 Å². The highest BCUT2D eigenvalue weighted by atomic mass is 16.5. The highest BCUT2D eigenvalue weighted by Gasteiger charge is 2.09. The molecule has 9 nitrogen and oxygen atoms in total. The first kappa shape index (κ1) is 20.8. The number of aryl methyl sites for hydroxylation is 1. The molecule has 0 radical (unpaired) electrons. The Morgan fingerprint density at radius 2 is 1.60 bits per heavy atom. The number of carbonyl (C=O) groups excluding carboxylic acids is 1. The number of pyridine rings is 1. The summed E-state index contributed by atoms with van der Waals surface area (Å²) in [6, 6.07) is 10.7. The Hall–Kier alpha value is -3.88. The van der Waals surface area contributed by atoms with Crippen molar-refractivity contribution in [2.75, 3.05) is 37.9 Å². The van der Waals surface area contributed by atoms with Crippen molar-refractivity contribution >= 4 is 23.4 Å². The first-order valence-corrected chi connectivity index (χ1v) is 9.34. The fourth-order valence-electron chi connectivity index (χ4n) is 2.67. The molecule has 0 atom stereocenters.